The minimum atomic E-state index is -3.61. The van der Waals surface area contributed by atoms with Crippen LogP contribution in [-0.4, -0.2) is 8.42 Å². The molecule has 1 aliphatic carbocycles. The zero-order chi connectivity index (χ0) is 16.0. The van der Waals surface area contributed by atoms with E-state index in [2.05, 4.69) is 4.72 Å². The highest BCUT2D eigenvalue weighted by atomic mass is 32.2. The number of benzene rings is 2. The zero-order valence-corrected chi connectivity index (χ0v) is 13.4. The Kier molecular flexibility index (Phi) is 3.57. The van der Waals surface area contributed by atoms with Gasteiger partial charge in [0.25, 0.3) is 0 Å². The fraction of sp³-hybridized carbons (Fsp3) is 0.294. The van der Waals surface area contributed by atoms with Gasteiger partial charge < -0.3 is 0 Å². The Hall–Kier alpha value is -1.72. The average Bonchev–Trinajstić information content (AvgIpc) is 3.22. The second-order valence-corrected chi connectivity index (χ2v) is 7.61. The summed E-state index contributed by atoms with van der Waals surface area (Å²) in [5, 5.41) is 0. The van der Waals surface area contributed by atoms with Crippen molar-refractivity contribution < 1.29 is 12.8 Å². The van der Waals surface area contributed by atoms with Crippen molar-refractivity contribution in [3.8, 4) is 0 Å². The molecule has 3 rings (SSSR count). The summed E-state index contributed by atoms with van der Waals surface area (Å²) in [5.41, 5.74) is 1.83. The van der Waals surface area contributed by atoms with E-state index >= 15 is 0 Å². The van der Waals surface area contributed by atoms with Crippen molar-refractivity contribution in [2.75, 3.05) is 0 Å². The summed E-state index contributed by atoms with van der Waals surface area (Å²) in [6, 6.07) is 11.4. The van der Waals surface area contributed by atoms with E-state index < -0.39 is 15.6 Å². The van der Waals surface area contributed by atoms with Crippen LogP contribution in [0.4, 0.5) is 4.39 Å². The lowest BCUT2D eigenvalue weighted by molar-refractivity contribution is 0.550. The molecule has 0 spiro atoms. The number of hydrogen-bond donors (Lipinski definition) is 1. The summed E-state index contributed by atoms with van der Waals surface area (Å²) in [5.74, 6) is -0.322. The maximum Gasteiger partial charge on any atom is 0.241 e. The van der Waals surface area contributed by atoms with E-state index in [-0.39, 0.29) is 5.82 Å². The van der Waals surface area contributed by atoms with Crippen molar-refractivity contribution in [2.45, 2.75) is 37.1 Å². The van der Waals surface area contributed by atoms with Crippen LogP contribution in [0.3, 0.4) is 0 Å². The normalized spacial score (nSPS) is 16.5. The standard InChI is InChI=1S/C17H18FNO2S/c1-12-3-4-13(2)16(11-12)22(20,21)19-17(9-10-17)14-5-7-15(18)8-6-14/h3-8,11,19H,9-10H2,1-2H3. The topological polar surface area (TPSA) is 46.2 Å². The molecule has 0 unspecified atom stereocenters. The van der Waals surface area contributed by atoms with Gasteiger partial charge in [0.2, 0.25) is 10.0 Å². The number of aryl methyl sites for hydroxylation is 2. The van der Waals surface area contributed by atoms with Crippen LogP contribution in [0.1, 0.15) is 29.5 Å². The molecule has 0 atom stereocenters. The van der Waals surface area contributed by atoms with Crippen LogP contribution in [-0.2, 0) is 15.6 Å². The van der Waals surface area contributed by atoms with E-state index in [0.717, 1.165) is 24.0 Å². The van der Waals surface area contributed by atoms with Gasteiger partial charge in [-0.2, -0.15) is 0 Å². The molecular weight excluding hydrogens is 301 g/mol. The van der Waals surface area contributed by atoms with Crippen LogP contribution in [0, 0.1) is 19.7 Å². The summed E-state index contributed by atoms with van der Waals surface area (Å²) >= 11 is 0. The Morgan fingerprint density at radius 2 is 1.68 bits per heavy atom. The minimum absolute atomic E-state index is 0.306. The van der Waals surface area contributed by atoms with E-state index in [9.17, 15) is 12.8 Å². The summed E-state index contributed by atoms with van der Waals surface area (Å²) < 4.78 is 41.3. The highest BCUT2D eigenvalue weighted by Gasteiger charge is 2.47. The molecule has 1 fully saturated rings. The monoisotopic (exact) mass is 319 g/mol. The third kappa shape index (κ3) is 2.78. The largest absolute Gasteiger partial charge is 0.241 e. The minimum Gasteiger partial charge on any atom is -0.207 e. The van der Waals surface area contributed by atoms with E-state index in [0.29, 0.717) is 10.5 Å². The Morgan fingerprint density at radius 1 is 1.05 bits per heavy atom. The highest BCUT2D eigenvalue weighted by Crippen LogP contribution is 2.46. The summed E-state index contributed by atoms with van der Waals surface area (Å²) in [6.45, 7) is 3.65. The van der Waals surface area contributed by atoms with Crippen LogP contribution in [0.15, 0.2) is 47.4 Å². The smallest absolute Gasteiger partial charge is 0.207 e. The van der Waals surface area contributed by atoms with Gasteiger partial charge in [-0.3, -0.25) is 0 Å². The first kappa shape index (κ1) is 15.2. The molecule has 5 heteroatoms. The first-order chi connectivity index (χ1) is 10.3. The Morgan fingerprint density at radius 3 is 2.27 bits per heavy atom. The Balaban J connectivity index is 1.94. The van der Waals surface area contributed by atoms with Crippen molar-refractivity contribution in [1.29, 1.82) is 0 Å². The first-order valence-corrected chi connectivity index (χ1v) is 8.68. The molecule has 0 aromatic heterocycles. The van der Waals surface area contributed by atoms with Gasteiger partial charge in [-0.05, 0) is 61.6 Å². The molecule has 3 nitrogen and oxygen atoms in total. The third-order valence-electron chi connectivity index (χ3n) is 4.11. The maximum atomic E-state index is 13.1. The molecule has 0 amide bonds. The number of halogens is 1. The van der Waals surface area contributed by atoms with Crippen LogP contribution in [0.2, 0.25) is 0 Å². The van der Waals surface area contributed by atoms with Gasteiger partial charge in [-0.25, -0.2) is 17.5 Å². The van der Waals surface area contributed by atoms with Crippen molar-refractivity contribution in [1.82, 2.24) is 4.72 Å². The van der Waals surface area contributed by atoms with E-state index in [1.807, 2.05) is 13.0 Å². The van der Waals surface area contributed by atoms with Crippen LogP contribution >= 0.6 is 0 Å². The number of sulfonamides is 1. The summed E-state index contributed by atoms with van der Waals surface area (Å²) in [7, 11) is -3.61. The average molecular weight is 319 g/mol. The summed E-state index contributed by atoms with van der Waals surface area (Å²) in [4.78, 5) is 0.306. The molecule has 22 heavy (non-hydrogen) atoms. The van der Waals surface area contributed by atoms with Gasteiger partial charge in [0.15, 0.2) is 0 Å². The maximum absolute atomic E-state index is 13.1. The zero-order valence-electron chi connectivity index (χ0n) is 12.6. The lowest BCUT2D eigenvalue weighted by atomic mass is 10.1. The van der Waals surface area contributed by atoms with Gasteiger partial charge in [0, 0.05) is 0 Å². The molecule has 2 aromatic rings. The lowest BCUT2D eigenvalue weighted by Gasteiger charge is -2.19. The fourth-order valence-electron chi connectivity index (χ4n) is 2.65. The quantitative estimate of drug-likeness (QED) is 0.938. The van der Waals surface area contributed by atoms with Crippen molar-refractivity contribution in [3.05, 3.63) is 65.0 Å². The van der Waals surface area contributed by atoms with E-state index in [4.69, 9.17) is 0 Å². The van der Waals surface area contributed by atoms with Gasteiger partial charge in [0.05, 0.1) is 10.4 Å². The lowest BCUT2D eigenvalue weighted by Crippen LogP contribution is -2.35. The summed E-state index contributed by atoms with van der Waals surface area (Å²) in [6.07, 6.45) is 1.45. The predicted octanol–water partition coefficient (Wildman–Crippen LogP) is 3.41. The van der Waals surface area contributed by atoms with Crippen molar-refractivity contribution in [3.63, 3.8) is 0 Å². The van der Waals surface area contributed by atoms with Crippen molar-refractivity contribution in [2.24, 2.45) is 0 Å². The van der Waals surface area contributed by atoms with Crippen LogP contribution in [0.25, 0.3) is 0 Å². The van der Waals surface area contributed by atoms with E-state index in [1.165, 1.54) is 12.1 Å². The molecule has 0 saturated heterocycles. The molecule has 0 heterocycles. The van der Waals surface area contributed by atoms with Gasteiger partial charge >= 0.3 is 0 Å². The van der Waals surface area contributed by atoms with Crippen molar-refractivity contribution >= 4 is 10.0 Å². The molecule has 1 N–H and O–H groups in total. The number of hydrogen-bond acceptors (Lipinski definition) is 2. The molecule has 0 radical (unpaired) electrons. The molecule has 1 saturated carbocycles. The molecule has 0 aliphatic heterocycles. The fourth-order valence-corrected chi connectivity index (χ4v) is 4.43. The van der Waals surface area contributed by atoms with Crippen LogP contribution < -0.4 is 4.72 Å². The SMILES string of the molecule is Cc1ccc(C)c(S(=O)(=O)NC2(c3ccc(F)cc3)CC2)c1. The Labute approximate surface area is 130 Å². The number of nitrogens with one attached hydrogen (secondary N) is 1. The molecule has 2 aromatic carbocycles. The second kappa shape index (κ2) is 5.18. The first-order valence-electron chi connectivity index (χ1n) is 7.20. The molecule has 0 bridgehead atoms. The van der Waals surface area contributed by atoms with Gasteiger partial charge in [-0.15, -0.1) is 0 Å². The molecule has 1 aliphatic rings. The molecular formula is C17H18FNO2S. The molecule has 116 valence electrons. The number of rotatable bonds is 4. The second-order valence-electron chi connectivity index (χ2n) is 5.96. The van der Waals surface area contributed by atoms with Gasteiger partial charge in [0.1, 0.15) is 5.82 Å². The predicted molar refractivity (Wildman–Crippen MR) is 83.5 cm³/mol. The highest BCUT2D eigenvalue weighted by molar-refractivity contribution is 7.89. The van der Waals surface area contributed by atoms with E-state index in [1.54, 1.807) is 31.2 Å². The van der Waals surface area contributed by atoms with Gasteiger partial charge in [-0.1, -0.05) is 24.3 Å². The van der Waals surface area contributed by atoms with Crippen LogP contribution in [0.5, 0.6) is 0 Å². The third-order valence-corrected chi connectivity index (χ3v) is 5.79. The Bertz CT molecular complexity index is 809.